The van der Waals surface area contributed by atoms with Crippen LogP contribution in [0.3, 0.4) is 0 Å². The molecule has 0 aliphatic heterocycles. The van der Waals surface area contributed by atoms with Gasteiger partial charge in [-0.1, -0.05) is 12.1 Å². The highest BCUT2D eigenvalue weighted by Gasteiger charge is 2.30. The first kappa shape index (κ1) is 12.0. The SMILES string of the molecule is FC(F)(F)c1ccc(-c2nccc(Br)n2)cc1. The summed E-state index contributed by atoms with van der Waals surface area (Å²) in [4.78, 5) is 8.04. The summed E-state index contributed by atoms with van der Waals surface area (Å²) in [6.45, 7) is 0. The first-order valence-corrected chi connectivity index (χ1v) is 5.42. The van der Waals surface area contributed by atoms with Crippen molar-refractivity contribution in [1.82, 2.24) is 9.97 Å². The van der Waals surface area contributed by atoms with Gasteiger partial charge in [0.1, 0.15) is 4.60 Å². The van der Waals surface area contributed by atoms with E-state index in [0.29, 0.717) is 16.0 Å². The lowest BCUT2D eigenvalue weighted by Gasteiger charge is -2.07. The fourth-order valence-electron chi connectivity index (χ4n) is 1.28. The van der Waals surface area contributed by atoms with Gasteiger partial charge in [-0.2, -0.15) is 13.2 Å². The van der Waals surface area contributed by atoms with Gasteiger partial charge in [0.25, 0.3) is 0 Å². The first-order chi connectivity index (χ1) is 7.97. The number of alkyl halides is 3. The van der Waals surface area contributed by atoms with Crippen molar-refractivity contribution in [2.75, 3.05) is 0 Å². The zero-order valence-corrected chi connectivity index (χ0v) is 9.96. The van der Waals surface area contributed by atoms with E-state index in [0.717, 1.165) is 12.1 Å². The van der Waals surface area contributed by atoms with Crippen LogP contribution in [0.2, 0.25) is 0 Å². The number of nitrogens with zero attached hydrogens (tertiary/aromatic N) is 2. The van der Waals surface area contributed by atoms with E-state index in [9.17, 15) is 13.2 Å². The van der Waals surface area contributed by atoms with Gasteiger partial charge in [0.2, 0.25) is 0 Å². The van der Waals surface area contributed by atoms with Crippen LogP contribution in [0.4, 0.5) is 13.2 Å². The minimum Gasteiger partial charge on any atom is -0.237 e. The number of benzene rings is 1. The molecule has 1 heterocycles. The highest BCUT2D eigenvalue weighted by atomic mass is 79.9. The van der Waals surface area contributed by atoms with E-state index in [-0.39, 0.29) is 0 Å². The molecular formula is C11H6BrF3N2. The summed E-state index contributed by atoms with van der Waals surface area (Å²) < 4.78 is 37.6. The van der Waals surface area contributed by atoms with Crippen LogP contribution in [0.1, 0.15) is 5.56 Å². The molecule has 0 fully saturated rings. The Morgan fingerprint density at radius 2 is 1.65 bits per heavy atom. The van der Waals surface area contributed by atoms with Gasteiger partial charge in [0.15, 0.2) is 5.82 Å². The van der Waals surface area contributed by atoms with Gasteiger partial charge in [0, 0.05) is 11.8 Å². The monoisotopic (exact) mass is 302 g/mol. The number of hydrogen-bond donors (Lipinski definition) is 0. The summed E-state index contributed by atoms with van der Waals surface area (Å²) in [5, 5.41) is 0. The largest absolute Gasteiger partial charge is 0.416 e. The van der Waals surface area contributed by atoms with Crippen LogP contribution >= 0.6 is 15.9 Å². The van der Waals surface area contributed by atoms with E-state index < -0.39 is 11.7 Å². The average molecular weight is 303 g/mol. The zero-order valence-electron chi connectivity index (χ0n) is 8.37. The maximum Gasteiger partial charge on any atom is 0.416 e. The molecule has 0 unspecified atom stereocenters. The van der Waals surface area contributed by atoms with Gasteiger partial charge in [-0.3, -0.25) is 0 Å². The molecule has 2 nitrogen and oxygen atoms in total. The second-order valence-electron chi connectivity index (χ2n) is 3.28. The van der Waals surface area contributed by atoms with Gasteiger partial charge in [-0.05, 0) is 34.1 Å². The molecule has 0 radical (unpaired) electrons. The summed E-state index contributed by atoms with van der Waals surface area (Å²) in [5.74, 6) is 0.382. The van der Waals surface area contributed by atoms with Crippen molar-refractivity contribution in [1.29, 1.82) is 0 Å². The highest BCUT2D eigenvalue weighted by Crippen LogP contribution is 2.30. The average Bonchev–Trinajstić information content (AvgIpc) is 2.28. The summed E-state index contributed by atoms with van der Waals surface area (Å²) in [7, 11) is 0. The number of aromatic nitrogens is 2. The lowest BCUT2D eigenvalue weighted by Crippen LogP contribution is -2.04. The van der Waals surface area contributed by atoms with Crippen molar-refractivity contribution in [3.8, 4) is 11.4 Å². The third-order valence-electron chi connectivity index (χ3n) is 2.09. The van der Waals surface area contributed by atoms with Crippen molar-refractivity contribution >= 4 is 15.9 Å². The molecule has 0 N–H and O–H groups in total. The van der Waals surface area contributed by atoms with Crippen LogP contribution in [0.25, 0.3) is 11.4 Å². The molecule has 0 saturated heterocycles. The predicted octanol–water partition coefficient (Wildman–Crippen LogP) is 3.92. The second-order valence-corrected chi connectivity index (χ2v) is 4.09. The summed E-state index contributed by atoms with van der Waals surface area (Å²) in [6.07, 6.45) is -2.79. The number of halogens is 4. The normalized spacial score (nSPS) is 11.5. The molecule has 6 heteroatoms. The Bertz CT molecular complexity index is 523. The van der Waals surface area contributed by atoms with Crippen LogP contribution in [-0.2, 0) is 6.18 Å². The topological polar surface area (TPSA) is 25.8 Å². The Kier molecular flexibility index (Phi) is 3.15. The van der Waals surface area contributed by atoms with Crippen molar-refractivity contribution in [2.24, 2.45) is 0 Å². The third-order valence-corrected chi connectivity index (χ3v) is 2.53. The lowest BCUT2D eigenvalue weighted by atomic mass is 10.1. The number of hydrogen-bond acceptors (Lipinski definition) is 2. The first-order valence-electron chi connectivity index (χ1n) is 4.63. The molecule has 0 aliphatic carbocycles. The maximum absolute atomic E-state index is 12.3. The molecule has 2 aromatic rings. The van der Waals surface area contributed by atoms with E-state index in [1.807, 2.05) is 0 Å². The highest BCUT2D eigenvalue weighted by molar-refractivity contribution is 9.10. The number of rotatable bonds is 1. The molecule has 0 atom stereocenters. The zero-order chi connectivity index (χ0) is 12.5. The summed E-state index contributed by atoms with van der Waals surface area (Å²) in [6, 6.07) is 6.38. The van der Waals surface area contributed by atoms with E-state index in [1.165, 1.54) is 18.3 Å². The molecule has 0 amide bonds. The van der Waals surface area contributed by atoms with Crippen LogP contribution in [0.15, 0.2) is 41.1 Å². The molecule has 0 aliphatic rings. The minimum atomic E-state index is -4.32. The van der Waals surface area contributed by atoms with Gasteiger partial charge in [-0.15, -0.1) is 0 Å². The molecule has 88 valence electrons. The van der Waals surface area contributed by atoms with Crippen molar-refractivity contribution in [3.05, 3.63) is 46.7 Å². The Hall–Kier alpha value is -1.43. The quantitative estimate of drug-likeness (QED) is 0.746. The fourth-order valence-corrected chi connectivity index (χ4v) is 1.57. The van der Waals surface area contributed by atoms with Crippen LogP contribution < -0.4 is 0 Å². The van der Waals surface area contributed by atoms with E-state index in [2.05, 4.69) is 25.9 Å². The fraction of sp³-hybridized carbons (Fsp3) is 0.0909. The van der Waals surface area contributed by atoms with Gasteiger partial charge < -0.3 is 0 Å². The van der Waals surface area contributed by atoms with Gasteiger partial charge >= 0.3 is 6.18 Å². The smallest absolute Gasteiger partial charge is 0.237 e. The molecule has 1 aromatic carbocycles. The van der Waals surface area contributed by atoms with E-state index >= 15 is 0 Å². The maximum atomic E-state index is 12.3. The van der Waals surface area contributed by atoms with E-state index in [4.69, 9.17) is 0 Å². The summed E-state index contributed by atoms with van der Waals surface area (Å²) >= 11 is 3.17. The molecule has 0 bridgehead atoms. The van der Waals surface area contributed by atoms with Crippen LogP contribution in [-0.4, -0.2) is 9.97 Å². The Morgan fingerprint density at radius 1 is 1.00 bits per heavy atom. The molecule has 0 spiro atoms. The van der Waals surface area contributed by atoms with Crippen molar-refractivity contribution in [3.63, 3.8) is 0 Å². The molecular weight excluding hydrogens is 297 g/mol. The van der Waals surface area contributed by atoms with Gasteiger partial charge in [0.05, 0.1) is 5.56 Å². The summed E-state index contributed by atoms with van der Waals surface area (Å²) in [5.41, 5.74) is -0.143. The third kappa shape index (κ3) is 2.82. The Labute approximate surface area is 104 Å². The Morgan fingerprint density at radius 3 is 2.18 bits per heavy atom. The molecule has 0 saturated carbocycles. The van der Waals surface area contributed by atoms with Gasteiger partial charge in [-0.25, -0.2) is 9.97 Å². The minimum absolute atomic E-state index is 0.382. The molecule has 1 aromatic heterocycles. The second kappa shape index (κ2) is 4.44. The molecule has 17 heavy (non-hydrogen) atoms. The van der Waals surface area contributed by atoms with Crippen LogP contribution in [0, 0.1) is 0 Å². The van der Waals surface area contributed by atoms with Crippen molar-refractivity contribution in [2.45, 2.75) is 6.18 Å². The molecule has 2 rings (SSSR count). The van der Waals surface area contributed by atoms with E-state index in [1.54, 1.807) is 6.07 Å². The standard InChI is InChI=1S/C11H6BrF3N2/c12-9-5-6-16-10(17-9)7-1-3-8(4-2-7)11(13,14)15/h1-6H. The Balaban J connectivity index is 2.36. The van der Waals surface area contributed by atoms with Crippen LogP contribution in [0.5, 0.6) is 0 Å². The predicted molar refractivity (Wildman–Crippen MR) is 60.2 cm³/mol. The lowest BCUT2D eigenvalue weighted by molar-refractivity contribution is -0.137. The van der Waals surface area contributed by atoms with Crippen molar-refractivity contribution < 1.29 is 13.2 Å².